The van der Waals surface area contributed by atoms with Crippen LogP contribution in [-0.4, -0.2) is 42.9 Å². The summed E-state index contributed by atoms with van der Waals surface area (Å²) in [6.07, 6.45) is 7.95. The number of carbonyl (C=O) groups is 1. The number of hydrogen-bond acceptors (Lipinski definition) is 4. The van der Waals surface area contributed by atoms with Gasteiger partial charge in [-0.25, -0.2) is 8.42 Å². The van der Waals surface area contributed by atoms with Crippen molar-refractivity contribution in [2.75, 3.05) is 18.4 Å². The largest absolute Gasteiger partial charge is 0.392 e. The number of anilines is 1. The van der Waals surface area contributed by atoms with Crippen molar-refractivity contribution in [3.05, 3.63) is 23.3 Å². The molecule has 2 aliphatic carbocycles. The Morgan fingerprint density at radius 2 is 1.97 bits per heavy atom. The Hall–Kier alpha value is -1.44. The molecule has 1 saturated carbocycles. The van der Waals surface area contributed by atoms with Crippen LogP contribution in [0.2, 0.25) is 0 Å². The van der Waals surface area contributed by atoms with Gasteiger partial charge in [-0.1, -0.05) is 19.8 Å². The highest BCUT2D eigenvalue weighted by atomic mass is 32.2. The quantitative estimate of drug-likeness (QED) is 0.766. The number of benzene rings is 1. The zero-order valence-electron chi connectivity index (χ0n) is 17.2. The minimum absolute atomic E-state index is 0.0205. The Morgan fingerprint density at radius 1 is 1.21 bits per heavy atom. The number of sulfonamides is 1. The Labute approximate surface area is 173 Å². The molecule has 1 aliphatic heterocycles. The number of aryl methyl sites for hydroxylation is 1. The Morgan fingerprint density at radius 3 is 2.66 bits per heavy atom. The van der Waals surface area contributed by atoms with Gasteiger partial charge in [-0.3, -0.25) is 4.79 Å². The first-order chi connectivity index (χ1) is 13.9. The maximum Gasteiger partial charge on any atom is 0.243 e. The van der Waals surface area contributed by atoms with Gasteiger partial charge in [0.25, 0.3) is 0 Å². The van der Waals surface area contributed by atoms with E-state index in [4.69, 9.17) is 0 Å². The van der Waals surface area contributed by atoms with Gasteiger partial charge in [0.05, 0.1) is 11.0 Å². The zero-order valence-corrected chi connectivity index (χ0v) is 18.1. The van der Waals surface area contributed by atoms with Crippen molar-refractivity contribution in [3.8, 4) is 0 Å². The molecule has 4 rings (SSSR count). The Bertz CT molecular complexity index is 890. The molecule has 1 atom stereocenters. The van der Waals surface area contributed by atoms with Crippen LogP contribution in [0.25, 0.3) is 0 Å². The summed E-state index contributed by atoms with van der Waals surface area (Å²) in [5, 5.41) is 13.0. The van der Waals surface area contributed by atoms with Crippen molar-refractivity contribution >= 4 is 21.6 Å². The van der Waals surface area contributed by atoms with Crippen molar-refractivity contribution < 1.29 is 18.3 Å². The number of β-amino-alcohol motifs (C(OH)–C–C–N with tert-alkyl or cyclic N) is 1. The maximum absolute atomic E-state index is 13.4. The van der Waals surface area contributed by atoms with Crippen LogP contribution in [0.5, 0.6) is 0 Å². The number of nitrogens with zero attached hydrogens (tertiary/aromatic N) is 1. The van der Waals surface area contributed by atoms with Gasteiger partial charge in [0.2, 0.25) is 15.9 Å². The van der Waals surface area contributed by atoms with Crippen LogP contribution in [0.4, 0.5) is 5.69 Å². The van der Waals surface area contributed by atoms with Gasteiger partial charge in [0.15, 0.2) is 0 Å². The van der Waals surface area contributed by atoms with Crippen LogP contribution < -0.4 is 5.32 Å². The van der Waals surface area contributed by atoms with Crippen LogP contribution in [0.3, 0.4) is 0 Å². The van der Waals surface area contributed by atoms with E-state index in [1.165, 1.54) is 4.31 Å². The minimum Gasteiger partial charge on any atom is -0.392 e. The molecule has 1 amide bonds. The molecule has 29 heavy (non-hydrogen) atoms. The van der Waals surface area contributed by atoms with E-state index in [0.29, 0.717) is 30.0 Å². The van der Waals surface area contributed by atoms with Crippen molar-refractivity contribution in [3.63, 3.8) is 0 Å². The standard InChI is InChI=1S/C22H32N2O4S/c1-2-22(10-3-4-11-22)21(26)23-17-13-16-7-5-9-19(16)20(14-17)29(27,28)24-12-6-8-18(25)15-24/h13-14,18,25H,2-12,15H2,1H3,(H,23,26). The number of hydrogen-bond donors (Lipinski definition) is 2. The number of piperidine rings is 1. The van der Waals surface area contributed by atoms with Crippen LogP contribution in [-0.2, 0) is 27.7 Å². The summed E-state index contributed by atoms with van der Waals surface area (Å²) < 4.78 is 28.2. The molecule has 1 aromatic carbocycles. The van der Waals surface area contributed by atoms with Gasteiger partial charge in [-0.05, 0) is 74.6 Å². The highest BCUT2D eigenvalue weighted by molar-refractivity contribution is 7.89. The highest BCUT2D eigenvalue weighted by Gasteiger charge is 2.40. The van der Waals surface area contributed by atoms with Gasteiger partial charge in [0.1, 0.15) is 0 Å². The molecule has 0 bridgehead atoms. The second-order valence-electron chi connectivity index (χ2n) is 8.92. The second-order valence-corrected chi connectivity index (χ2v) is 10.8. The molecule has 3 aliphatic rings. The molecule has 1 aromatic rings. The normalized spacial score (nSPS) is 24.4. The third kappa shape index (κ3) is 3.84. The van der Waals surface area contributed by atoms with Gasteiger partial charge < -0.3 is 10.4 Å². The smallest absolute Gasteiger partial charge is 0.243 e. The molecule has 1 unspecified atom stereocenters. The Kier molecular flexibility index (Phi) is 5.75. The van der Waals surface area contributed by atoms with E-state index in [1.807, 2.05) is 6.07 Å². The average molecular weight is 421 g/mol. The van der Waals surface area contributed by atoms with Gasteiger partial charge in [0, 0.05) is 24.2 Å². The van der Waals surface area contributed by atoms with Crippen LogP contribution >= 0.6 is 0 Å². The first kappa shape index (κ1) is 20.8. The van der Waals surface area contributed by atoms with E-state index in [2.05, 4.69) is 12.2 Å². The number of nitrogens with one attached hydrogen (secondary N) is 1. The van der Waals surface area contributed by atoms with Crippen LogP contribution in [0.1, 0.15) is 69.4 Å². The van der Waals surface area contributed by atoms with Gasteiger partial charge in [-0.15, -0.1) is 0 Å². The van der Waals surface area contributed by atoms with E-state index in [-0.39, 0.29) is 17.9 Å². The van der Waals surface area contributed by atoms with E-state index in [1.54, 1.807) is 6.07 Å². The summed E-state index contributed by atoms with van der Waals surface area (Å²) in [4.78, 5) is 13.4. The molecule has 7 heteroatoms. The summed E-state index contributed by atoms with van der Waals surface area (Å²) in [5.41, 5.74) is 2.17. The van der Waals surface area contributed by atoms with Crippen LogP contribution in [0, 0.1) is 5.41 Å². The number of aliphatic hydroxyl groups is 1. The van der Waals surface area contributed by atoms with Crippen molar-refractivity contribution in [2.45, 2.75) is 82.1 Å². The van der Waals surface area contributed by atoms with Crippen molar-refractivity contribution in [2.24, 2.45) is 5.41 Å². The number of carbonyl (C=O) groups excluding carboxylic acids is 1. The summed E-state index contributed by atoms with van der Waals surface area (Å²) in [5.74, 6) is 0.0205. The fourth-order valence-electron chi connectivity index (χ4n) is 5.30. The van der Waals surface area contributed by atoms with Crippen molar-refractivity contribution in [1.82, 2.24) is 4.31 Å². The summed E-state index contributed by atoms with van der Waals surface area (Å²) in [6, 6.07) is 3.61. The topological polar surface area (TPSA) is 86.7 Å². The molecule has 0 aromatic heterocycles. The molecular formula is C22H32N2O4S. The molecular weight excluding hydrogens is 388 g/mol. The maximum atomic E-state index is 13.4. The molecule has 6 nitrogen and oxygen atoms in total. The molecule has 1 saturated heterocycles. The second kappa shape index (κ2) is 8.00. The van der Waals surface area contributed by atoms with Gasteiger partial charge >= 0.3 is 0 Å². The lowest BCUT2D eigenvalue weighted by atomic mass is 9.82. The van der Waals surface area contributed by atoms with E-state index in [0.717, 1.165) is 62.5 Å². The summed E-state index contributed by atoms with van der Waals surface area (Å²) >= 11 is 0. The molecule has 1 heterocycles. The zero-order chi connectivity index (χ0) is 20.6. The minimum atomic E-state index is -3.70. The number of amides is 1. The number of rotatable bonds is 5. The number of fused-ring (bicyclic) bond motifs is 1. The fourth-order valence-corrected chi connectivity index (χ4v) is 7.14. The Balaban J connectivity index is 1.67. The first-order valence-electron chi connectivity index (χ1n) is 11.0. The SMILES string of the molecule is CCC1(C(=O)Nc2cc3c(c(S(=O)(=O)N4CCCC(O)C4)c2)CCC3)CCCC1. The summed E-state index contributed by atoms with van der Waals surface area (Å²) in [6.45, 7) is 2.64. The van der Waals surface area contributed by atoms with Crippen molar-refractivity contribution in [1.29, 1.82) is 0 Å². The average Bonchev–Trinajstić information content (AvgIpc) is 3.37. The highest BCUT2D eigenvalue weighted by Crippen LogP contribution is 2.42. The van der Waals surface area contributed by atoms with E-state index >= 15 is 0 Å². The first-order valence-corrected chi connectivity index (χ1v) is 12.5. The monoisotopic (exact) mass is 420 g/mol. The van der Waals surface area contributed by atoms with E-state index in [9.17, 15) is 18.3 Å². The predicted molar refractivity (Wildman–Crippen MR) is 112 cm³/mol. The lowest BCUT2D eigenvalue weighted by Crippen LogP contribution is -2.42. The summed E-state index contributed by atoms with van der Waals surface area (Å²) in [7, 11) is -3.70. The molecule has 0 radical (unpaired) electrons. The third-order valence-electron chi connectivity index (χ3n) is 7.13. The van der Waals surface area contributed by atoms with Gasteiger partial charge in [-0.2, -0.15) is 4.31 Å². The lowest BCUT2D eigenvalue weighted by Gasteiger charge is -2.30. The van der Waals surface area contributed by atoms with Crippen LogP contribution in [0.15, 0.2) is 17.0 Å². The third-order valence-corrected chi connectivity index (χ3v) is 9.06. The molecule has 2 N–H and O–H groups in total. The number of aliphatic hydroxyl groups excluding tert-OH is 1. The molecule has 2 fully saturated rings. The lowest BCUT2D eigenvalue weighted by molar-refractivity contribution is -0.125. The fraction of sp³-hybridized carbons (Fsp3) is 0.682. The molecule has 0 spiro atoms. The predicted octanol–water partition coefficient (Wildman–Crippen LogP) is 3.23. The molecule has 160 valence electrons. The van der Waals surface area contributed by atoms with E-state index < -0.39 is 16.1 Å².